The van der Waals surface area contributed by atoms with Crippen LogP contribution >= 0.6 is 11.3 Å². The number of likely N-dealkylation sites (tertiary alicyclic amines) is 1. The van der Waals surface area contributed by atoms with Crippen LogP contribution in [0.4, 0.5) is 0 Å². The largest absolute Gasteiger partial charge is 0.391 e. The van der Waals surface area contributed by atoms with Crippen LogP contribution in [0.1, 0.15) is 29.3 Å². The van der Waals surface area contributed by atoms with Crippen LogP contribution in [0.3, 0.4) is 0 Å². The molecule has 6 nitrogen and oxygen atoms in total. The van der Waals surface area contributed by atoms with Gasteiger partial charge < -0.3 is 5.11 Å². The fourth-order valence-corrected chi connectivity index (χ4v) is 3.81. The van der Waals surface area contributed by atoms with Crippen LogP contribution in [0.25, 0.3) is 0 Å². The lowest BCUT2D eigenvalue weighted by Crippen LogP contribution is -2.37. The number of hydrogen-bond donors (Lipinski definition) is 2. The second kappa shape index (κ2) is 6.82. The summed E-state index contributed by atoms with van der Waals surface area (Å²) in [5.74, 6) is 0. The topological polar surface area (TPSA) is 78.3 Å². The van der Waals surface area contributed by atoms with Gasteiger partial charge in [-0.3, -0.25) is 19.2 Å². The van der Waals surface area contributed by atoms with Gasteiger partial charge in [-0.2, -0.15) is 0 Å². The molecule has 23 heavy (non-hydrogen) atoms. The maximum absolute atomic E-state index is 12.1. The van der Waals surface area contributed by atoms with Crippen molar-refractivity contribution in [1.82, 2.24) is 14.5 Å². The zero-order valence-corrected chi connectivity index (χ0v) is 13.9. The molecule has 2 aromatic heterocycles. The van der Waals surface area contributed by atoms with E-state index in [0.717, 1.165) is 19.6 Å². The van der Waals surface area contributed by atoms with Crippen LogP contribution < -0.4 is 11.2 Å². The predicted octanol–water partition coefficient (Wildman–Crippen LogP) is 1.10. The Balaban J connectivity index is 1.78. The Morgan fingerprint density at radius 3 is 2.87 bits per heavy atom. The van der Waals surface area contributed by atoms with Crippen molar-refractivity contribution in [1.29, 1.82) is 0 Å². The van der Waals surface area contributed by atoms with Crippen LogP contribution in [-0.4, -0.2) is 38.8 Å². The summed E-state index contributed by atoms with van der Waals surface area (Å²) >= 11 is 1.73. The molecule has 0 radical (unpaired) electrons. The molecule has 1 aliphatic rings. The third-order valence-corrected chi connectivity index (χ3v) is 5.25. The SMILES string of the molecule is Cc1cn([C@H]2CCN(Cc3cccs3)CC[C@@H]2O)c(=O)[nH]c1=O. The molecule has 0 aliphatic carbocycles. The molecule has 3 heterocycles. The van der Waals surface area contributed by atoms with Crippen LogP contribution in [0.15, 0.2) is 33.3 Å². The van der Waals surface area contributed by atoms with E-state index in [0.29, 0.717) is 18.4 Å². The van der Waals surface area contributed by atoms with Gasteiger partial charge in [0.25, 0.3) is 5.56 Å². The average molecular weight is 335 g/mol. The standard InChI is InChI=1S/C16H21N3O3S/c1-11-9-19(16(22)17-15(11)21)13-4-6-18(7-5-14(13)20)10-12-3-2-8-23-12/h2-3,8-9,13-14,20H,4-7,10H2,1H3,(H,17,21,22)/t13-,14-/m0/s1. The van der Waals surface area contributed by atoms with Crippen molar-refractivity contribution in [2.75, 3.05) is 13.1 Å². The first-order valence-corrected chi connectivity index (χ1v) is 8.67. The van der Waals surface area contributed by atoms with Crippen molar-refractivity contribution in [3.05, 3.63) is 55.0 Å². The summed E-state index contributed by atoms with van der Waals surface area (Å²) < 4.78 is 1.48. The molecular formula is C16H21N3O3S. The van der Waals surface area contributed by atoms with Gasteiger partial charge in [-0.1, -0.05) is 6.07 Å². The van der Waals surface area contributed by atoms with E-state index in [4.69, 9.17) is 0 Å². The molecule has 0 bridgehead atoms. The first-order chi connectivity index (χ1) is 11.0. The number of nitrogens with zero attached hydrogens (tertiary/aromatic N) is 2. The van der Waals surface area contributed by atoms with Gasteiger partial charge in [-0.15, -0.1) is 11.3 Å². The average Bonchev–Trinajstić information content (AvgIpc) is 2.95. The molecular weight excluding hydrogens is 314 g/mol. The Morgan fingerprint density at radius 2 is 2.13 bits per heavy atom. The molecule has 0 amide bonds. The van der Waals surface area contributed by atoms with Gasteiger partial charge >= 0.3 is 5.69 Å². The summed E-state index contributed by atoms with van der Waals surface area (Å²) in [4.78, 5) is 29.5. The van der Waals surface area contributed by atoms with Gasteiger partial charge in [0.2, 0.25) is 0 Å². The number of nitrogens with one attached hydrogen (secondary N) is 1. The predicted molar refractivity (Wildman–Crippen MR) is 89.9 cm³/mol. The monoisotopic (exact) mass is 335 g/mol. The Morgan fingerprint density at radius 1 is 1.35 bits per heavy atom. The van der Waals surface area contributed by atoms with Gasteiger partial charge in [0, 0.05) is 36.3 Å². The fourth-order valence-electron chi connectivity index (χ4n) is 3.06. The third-order valence-electron chi connectivity index (χ3n) is 4.39. The van der Waals surface area contributed by atoms with Crippen molar-refractivity contribution >= 4 is 11.3 Å². The van der Waals surface area contributed by atoms with Crippen molar-refractivity contribution in [3.63, 3.8) is 0 Å². The Kier molecular flexibility index (Phi) is 4.79. The number of rotatable bonds is 3. The van der Waals surface area contributed by atoms with E-state index in [2.05, 4.69) is 21.3 Å². The van der Waals surface area contributed by atoms with E-state index in [9.17, 15) is 14.7 Å². The number of H-pyrrole nitrogens is 1. The molecule has 0 saturated carbocycles. The summed E-state index contributed by atoms with van der Waals surface area (Å²) in [6.45, 7) is 4.15. The van der Waals surface area contributed by atoms with E-state index in [1.54, 1.807) is 24.5 Å². The molecule has 0 aromatic carbocycles. The number of aryl methyl sites for hydroxylation is 1. The van der Waals surface area contributed by atoms with Crippen LogP contribution in [0, 0.1) is 6.92 Å². The maximum Gasteiger partial charge on any atom is 0.328 e. The first-order valence-electron chi connectivity index (χ1n) is 7.79. The van der Waals surface area contributed by atoms with Crippen molar-refractivity contribution in [3.8, 4) is 0 Å². The smallest absolute Gasteiger partial charge is 0.328 e. The summed E-state index contributed by atoms with van der Waals surface area (Å²) in [6, 6.07) is 3.85. The number of aromatic amines is 1. The van der Waals surface area contributed by atoms with Gasteiger partial charge in [-0.05, 0) is 31.2 Å². The highest BCUT2D eigenvalue weighted by atomic mass is 32.1. The van der Waals surface area contributed by atoms with Crippen molar-refractivity contribution in [2.24, 2.45) is 0 Å². The number of aromatic nitrogens is 2. The van der Waals surface area contributed by atoms with Gasteiger partial charge in [-0.25, -0.2) is 4.79 Å². The molecule has 2 N–H and O–H groups in total. The lowest BCUT2D eigenvalue weighted by molar-refractivity contribution is 0.105. The van der Waals surface area contributed by atoms with Crippen molar-refractivity contribution in [2.45, 2.75) is 38.5 Å². The molecule has 124 valence electrons. The molecule has 0 spiro atoms. The number of hydrogen-bond acceptors (Lipinski definition) is 5. The lowest BCUT2D eigenvalue weighted by atomic mass is 10.1. The number of aliphatic hydroxyl groups is 1. The highest BCUT2D eigenvalue weighted by molar-refractivity contribution is 7.09. The van der Waals surface area contributed by atoms with Gasteiger partial charge in [0.15, 0.2) is 0 Å². The first kappa shape index (κ1) is 16.2. The second-order valence-electron chi connectivity index (χ2n) is 6.05. The second-order valence-corrected chi connectivity index (χ2v) is 7.08. The minimum atomic E-state index is -0.591. The lowest BCUT2D eigenvalue weighted by Gasteiger charge is -2.22. The molecule has 1 saturated heterocycles. The fraction of sp³-hybridized carbons (Fsp3) is 0.500. The highest BCUT2D eigenvalue weighted by Crippen LogP contribution is 2.23. The zero-order valence-electron chi connectivity index (χ0n) is 13.1. The summed E-state index contributed by atoms with van der Waals surface area (Å²) in [7, 11) is 0. The van der Waals surface area contributed by atoms with Gasteiger partial charge in [0.05, 0.1) is 12.1 Å². The number of aliphatic hydroxyl groups excluding tert-OH is 1. The van der Waals surface area contributed by atoms with Crippen molar-refractivity contribution < 1.29 is 5.11 Å². The molecule has 3 rings (SSSR count). The molecule has 1 aliphatic heterocycles. The normalized spacial score (nSPS) is 22.9. The van der Waals surface area contributed by atoms with Crippen LogP contribution in [0.5, 0.6) is 0 Å². The highest BCUT2D eigenvalue weighted by Gasteiger charge is 2.27. The van der Waals surface area contributed by atoms with Gasteiger partial charge in [0.1, 0.15) is 0 Å². The number of thiophene rings is 1. The van der Waals surface area contributed by atoms with E-state index in [-0.39, 0.29) is 11.6 Å². The van der Waals surface area contributed by atoms with E-state index in [1.807, 2.05) is 6.07 Å². The quantitative estimate of drug-likeness (QED) is 0.881. The molecule has 0 unspecified atom stereocenters. The minimum absolute atomic E-state index is 0.300. The maximum atomic E-state index is 12.1. The molecule has 7 heteroatoms. The summed E-state index contributed by atoms with van der Waals surface area (Å²) in [5.41, 5.74) is -0.332. The van der Waals surface area contributed by atoms with E-state index >= 15 is 0 Å². The van der Waals surface area contributed by atoms with E-state index < -0.39 is 11.8 Å². The summed E-state index contributed by atoms with van der Waals surface area (Å²) in [6.07, 6.45) is 2.26. The zero-order chi connectivity index (χ0) is 16.4. The van der Waals surface area contributed by atoms with E-state index in [1.165, 1.54) is 9.44 Å². The molecule has 2 aromatic rings. The summed E-state index contributed by atoms with van der Waals surface area (Å²) in [5, 5.41) is 12.5. The Labute approximate surface area is 138 Å². The molecule has 2 atom stereocenters. The van der Waals surface area contributed by atoms with Crippen LogP contribution in [-0.2, 0) is 6.54 Å². The minimum Gasteiger partial charge on any atom is -0.391 e. The Hall–Kier alpha value is -1.70. The third kappa shape index (κ3) is 3.63. The van der Waals surface area contributed by atoms with Crippen LogP contribution in [0.2, 0.25) is 0 Å². The Bertz CT molecular complexity index is 766. The molecule has 1 fully saturated rings.